The van der Waals surface area contributed by atoms with E-state index in [1.54, 1.807) is 19.4 Å². The average Bonchev–Trinajstić information content (AvgIpc) is 3.41. The van der Waals surface area contributed by atoms with Crippen LogP contribution >= 0.6 is 24.0 Å². The Morgan fingerprint density at radius 3 is 2.50 bits per heavy atom. The predicted octanol–water partition coefficient (Wildman–Crippen LogP) is 0.0706. The van der Waals surface area contributed by atoms with Gasteiger partial charge in [0.1, 0.15) is 0 Å². The van der Waals surface area contributed by atoms with Crippen LogP contribution in [0, 0.1) is 0 Å². The number of nitrogens with one attached hydrogen (secondary N) is 2. The number of hydrogen-bond donors (Lipinski definition) is 2. The van der Waals surface area contributed by atoms with E-state index in [-0.39, 0.29) is 36.4 Å². The van der Waals surface area contributed by atoms with Crippen LogP contribution in [-0.2, 0) is 4.79 Å². The van der Waals surface area contributed by atoms with Crippen molar-refractivity contribution in [2.75, 3.05) is 44.7 Å². The molecule has 1 saturated carbocycles. The fourth-order valence-corrected chi connectivity index (χ4v) is 2.57. The summed E-state index contributed by atoms with van der Waals surface area (Å²) in [4.78, 5) is 28.9. The van der Waals surface area contributed by atoms with Crippen LogP contribution in [0.5, 0.6) is 0 Å². The summed E-state index contributed by atoms with van der Waals surface area (Å²) in [7, 11) is 1.74. The Morgan fingerprint density at radius 2 is 1.92 bits per heavy atom. The number of anilines is 1. The van der Waals surface area contributed by atoms with Gasteiger partial charge < -0.3 is 20.4 Å². The van der Waals surface area contributed by atoms with Crippen LogP contribution in [-0.4, -0.2) is 72.5 Å². The van der Waals surface area contributed by atoms with Crippen molar-refractivity contribution in [2.24, 2.45) is 4.99 Å². The number of carbonyl (C=O) groups is 1. The van der Waals surface area contributed by atoms with Gasteiger partial charge in [-0.2, -0.15) is 0 Å². The van der Waals surface area contributed by atoms with E-state index in [2.05, 4.69) is 35.4 Å². The average molecular weight is 445 g/mol. The van der Waals surface area contributed by atoms with Gasteiger partial charge in [0.2, 0.25) is 11.9 Å². The Bertz CT molecular complexity index is 556. The largest absolute Gasteiger partial charge is 0.352 e. The second kappa shape index (κ2) is 9.00. The molecule has 24 heavy (non-hydrogen) atoms. The van der Waals surface area contributed by atoms with Gasteiger partial charge in [-0.1, -0.05) is 0 Å². The molecular formula is C15H24IN7O. The summed E-state index contributed by atoms with van der Waals surface area (Å²) in [5.41, 5.74) is 0. The molecule has 2 fully saturated rings. The summed E-state index contributed by atoms with van der Waals surface area (Å²) in [6.07, 6.45) is 5.72. The van der Waals surface area contributed by atoms with E-state index in [0.29, 0.717) is 6.04 Å². The van der Waals surface area contributed by atoms with Crippen LogP contribution in [0.25, 0.3) is 0 Å². The maximum Gasteiger partial charge on any atom is 0.239 e. The van der Waals surface area contributed by atoms with Gasteiger partial charge in [0.05, 0.1) is 6.54 Å². The quantitative estimate of drug-likeness (QED) is 0.388. The first-order chi connectivity index (χ1) is 11.3. The fourth-order valence-electron chi connectivity index (χ4n) is 2.57. The Morgan fingerprint density at radius 1 is 1.25 bits per heavy atom. The Kier molecular flexibility index (Phi) is 7.00. The lowest BCUT2D eigenvalue weighted by molar-refractivity contribution is -0.120. The summed E-state index contributed by atoms with van der Waals surface area (Å²) in [5.74, 6) is 1.56. The predicted molar refractivity (Wildman–Crippen MR) is 104 cm³/mol. The minimum Gasteiger partial charge on any atom is -0.352 e. The summed E-state index contributed by atoms with van der Waals surface area (Å²) in [6, 6.07) is 2.21. The summed E-state index contributed by atoms with van der Waals surface area (Å²) < 4.78 is 0. The third kappa shape index (κ3) is 5.18. The highest BCUT2D eigenvalue weighted by Crippen LogP contribution is 2.18. The molecule has 2 aliphatic rings. The molecule has 3 rings (SSSR count). The van der Waals surface area contributed by atoms with Crippen LogP contribution in [0.4, 0.5) is 5.95 Å². The summed E-state index contributed by atoms with van der Waals surface area (Å²) in [5, 5.41) is 6.11. The van der Waals surface area contributed by atoms with E-state index in [4.69, 9.17) is 0 Å². The number of aromatic nitrogens is 2. The Balaban J connectivity index is 0.00000208. The first kappa shape index (κ1) is 18.7. The smallest absolute Gasteiger partial charge is 0.239 e. The second-order valence-corrected chi connectivity index (χ2v) is 5.77. The number of halogens is 1. The zero-order chi connectivity index (χ0) is 16.1. The lowest BCUT2D eigenvalue weighted by atomic mass is 10.3. The molecule has 1 aromatic heterocycles. The maximum absolute atomic E-state index is 11.8. The number of rotatable bonds is 4. The van der Waals surface area contributed by atoms with Gasteiger partial charge in [-0.25, -0.2) is 9.97 Å². The number of hydrogen-bond acceptors (Lipinski definition) is 5. The molecule has 8 nitrogen and oxygen atoms in total. The van der Waals surface area contributed by atoms with Crippen molar-refractivity contribution in [1.82, 2.24) is 25.5 Å². The molecule has 0 aromatic carbocycles. The van der Waals surface area contributed by atoms with Crippen LogP contribution < -0.4 is 15.5 Å². The van der Waals surface area contributed by atoms with Crippen molar-refractivity contribution in [1.29, 1.82) is 0 Å². The first-order valence-electron chi connectivity index (χ1n) is 8.03. The van der Waals surface area contributed by atoms with Gasteiger partial charge >= 0.3 is 0 Å². The van der Waals surface area contributed by atoms with E-state index in [1.165, 1.54) is 0 Å². The summed E-state index contributed by atoms with van der Waals surface area (Å²) in [6.45, 7) is 3.58. The van der Waals surface area contributed by atoms with Gasteiger partial charge in [0.15, 0.2) is 5.96 Å². The molecule has 0 bridgehead atoms. The van der Waals surface area contributed by atoms with Gasteiger partial charge in [0, 0.05) is 51.7 Å². The van der Waals surface area contributed by atoms with Crippen LogP contribution in [0.15, 0.2) is 23.5 Å². The van der Waals surface area contributed by atoms with Gasteiger partial charge in [0.25, 0.3) is 0 Å². The molecule has 0 unspecified atom stereocenters. The van der Waals surface area contributed by atoms with Crippen molar-refractivity contribution >= 4 is 41.8 Å². The molecule has 0 radical (unpaired) electrons. The molecule has 1 aliphatic heterocycles. The Labute approximate surface area is 159 Å². The number of carbonyl (C=O) groups excluding carboxylic acids is 1. The van der Waals surface area contributed by atoms with E-state index in [1.807, 2.05) is 6.07 Å². The van der Waals surface area contributed by atoms with Crippen LogP contribution in [0.3, 0.4) is 0 Å². The monoisotopic (exact) mass is 445 g/mol. The molecule has 0 spiro atoms. The zero-order valence-electron chi connectivity index (χ0n) is 13.8. The molecule has 1 aliphatic carbocycles. The van der Waals surface area contributed by atoms with E-state index >= 15 is 0 Å². The van der Waals surface area contributed by atoms with Crippen molar-refractivity contribution in [3.8, 4) is 0 Å². The molecular weight excluding hydrogens is 421 g/mol. The third-order valence-electron chi connectivity index (χ3n) is 3.98. The minimum absolute atomic E-state index is 0. The molecule has 2 N–H and O–H groups in total. The topological polar surface area (TPSA) is 85.8 Å². The second-order valence-electron chi connectivity index (χ2n) is 5.77. The van der Waals surface area contributed by atoms with Crippen molar-refractivity contribution in [3.63, 3.8) is 0 Å². The lowest BCUT2D eigenvalue weighted by Gasteiger charge is -2.36. The molecule has 132 valence electrons. The number of aliphatic imine (C=N–C) groups is 1. The highest BCUT2D eigenvalue weighted by Gasteiger charge is 2.24. The zero-order valence-corrected chi connectivity index (χ0v) is 16.1. The summed E-state index contributed by atoms with van der Waals surface area (Å²) >= 11 is 0. The SMILES string of the molecule is CN=C(NCC(=O)NC1CC1)N1CCN(c2ncccn2)CC1.I. The Hall–Kier alpha value is -1.65. The number of guanidine groups is 1. The third-order valence-corrected chi connectivity index (χ3v) is 3.98. The maximum atomic E-state index is 11.8. The van der Waals surface area contributed by atoms with Gasteiger partial charge in [-0.15, -0.1) is 24.0 Å². The molecule has 9 heteroatoms. The van der Waals surface area contributed by atoms with E-state index < -0.39 is 0 Å². The number of nitrogens with zero attached hydrogens (tertiary/aromatic N) is 5. The molecule has 1 saturated heterocycles. The molecule has 0 atom stereocenters. The first-order valence-corrected chi connectivity index (χ1v) is 8.03. The van der Waals surface area contributed by atoms with Gasteiger partial charge in [-0.3, -0.25) is 9.79 Å². The van der Waals surface area contributed by atoms with Crippen LogP contribution in [0.1, 0.15) is 12.8 Å². The number of piperazine rings is 1. The molecule has 1 aromatic rings. The van der Waals surface area contributed by atoms with Crippen molar-refractivity contribution in [3.05, 3.63) is 18.5 Å². The van der Waals surface area contributed by atoms with Crippen LogP contribution in [0.2, 0.25) is 0 Å². The van der Waals surface area contributed by atoms with E-state index in [9.17, 15) is 4.79 Å². The minimum atomic E-state index is 0. The van der Waals surface area contributed by atoms with E-state index in [0.717, 1.165) is 50.9 Å². The van der Waals surface area contributed by atoms with Gasteiger partial charge in [-0.05, 0) is 18.9 Å². The normalized spacial score (nSPS) is 18.0. The highest BCUT2D eigenvalue weighted by atomic mass is 127. The number of amides is 1. The van der Waals surface area contributed by atoms with Crippen molar-refractivity contribution < 1.29 is 4.79 Å². The fraction of sp³-hybridized carbons (Fsp3) is 0.600. The standard InChI is InChI=1S/C15H23N7O.HI/c1-16-14(19-11-13(23)20-12-3-4-12)21-7-9-22(10-8-21)15-17-5-2-6-18-15;/h2,5-6,12H,3-4,7-11H2,1H3,(H,16,19)(H,20,23);1H. The molecule has 2 heterocycles. The van der Waals surface area contributed by atoms with Crippen molar-refractivity contribution in [2.45, 2.75) is 18.9 Å². The highest BCUT2D eigenvalue weighted by molar-refractivity contribution is 14.0. The lowest BCUT2D eigenvalue weighted by Crippen LogP contribution is -2.54. The molecule has 1 amide bonds.